The lowest BCUT2D eigenvalue weighted by Crippen LogP contribution is -2.28. The Morgan fingerprint density at radius 2 is 2.18 bits per heavy atom. The van der Waals surface area contributed by atoms with Gasteiger partial charge in [0.05, 0.1) is 12.8 Å². The first-order chi connectivity index (χ1) is 8.24. The molecule has 0 unspecified atom stereocenters. The number of furan rings is 1. The molecule has 0 aromatic carbocycles. The predicted molar refractivity (Wildman–Crippen MR) is 61.8 cm³/mol. The van der Waals surface area contributed by atoms with Gasteiger partial charge in [-0.2, -0.15) is 0 Å². The van der Waals surface area contributed by atoms with Gasteiger partial charge in [0.1, 0.15) is 11.3 Å². The second-order valence-electron chi connectivity index (χ2n) is 5.17. The molecule has 2 aliphatic carbocycles. The summed E-state index contributed by atoms with van der Waals surface area (Å²) in [7, 11) is 0. The second-order valence-corrected chi connectivity index (χ2v) is 5.17. The molecule has 3 rings (SSSR count). The first-order valence-corrected chi connectivity index (χ1v) is 6.28. The highest BCUT2D eigenvalue weighted by Gasteiger charge is 2.34. The van der Waals surface area contributed by atoms with Gasteiger partial charge in [0.2, 0.25) is 0 Å². The molecule has 0 saturated heterocycles. The number of carbonyl (C=O) groups is 1. The number of hydrogen-bond acceptors (Lipinski definition) is 3. The van der Waals surface area contributed by atoms with E-state index in [2.05, 4.69) is 4.90 Å². The van der Waals surface area contributed by atoms with Crippen LogP contribution in [0.2, 0.25) is 0 Å². The maximum Gasteiger partial charge on any atom is 0.339 e. The van der Waals surface area contributed by atoms with Gasteiger partial charge in [-0.1, -0.05) is 0 Å². The van der Waals surface area contributed by atoms with Crippen LogP contribution in [-0.4, -0.2) is 28.6 Å². The smallest absolute Gasteiger partial charge is 0.339 e. The van der Waals surface area contributed by atoms with Gasteiger partial charge in [-0.05, 0) is 37.7 Å². The van der Waals surface area contributed by atoms with Gasteiger partial charge in [-0.25, -0.2) is 4.79 Å². The van der Waals surface area contributed by atoms with Crippen LogP contribution < -0.4 is 0 Å². The van der Waals surface area contributed by atoms with Gasteiger partial charge >= 0.3 is 5.97 Å². The Balaban J connectivity index is 1.69. The van der Waals surface area contributed by atoms with Crippen LogP contribution in [0.15, 0.2) is 16.7 Å². The van der Waals surface area contributed by atoms with Crippen LogP contribution in [-0.2, 0) is 6.54 Å². The van der Waals surface area contributed by atoms with E-state index in [-0.39, 0.29) is 0 Å². The van der Waals surface area contributed by atoms with E-state index in [1.54, 1.807) is 6.07 Å². The summed E-state index contributed by atoms with van der Waals surface area (Å²) in [5.74, 6) is 0.541. The minimum Gasteiger partial charge on any atom is -0.478 e. The Labute approximate surface area is 100 Å². The van der Waals surface area contributed by atoms with E-state index < -0.39 is 5.97 Å². The molecule has 1 aromatic heterocycles. The van der Waals surface area contributed by atoms with Crippen molar-refractivity contribution in [1.29, 1.82) is 0 Å². The molecule has 0 bridgehead atoms. The van der Waals surface area contributed by atoms with Crippen molar-refractivity contribution in [3.8, 4) is 0 Å². The lowest BCUT2D eigenvalue weighted by atomic mass is 10.2. The Morgan fingerprint density at radius 3 is 2.76 bits per heavy atom. The van der Waals surface area contributed by atoms with Crippen molar-refractivity contribution >= 4 is 5.97 Å². The van der Waals surface area contributed by atoms with E-state index in [4.69, 9.17) is 9.52 Å². The third-order valence-electron chi connectivity index (χ3n) is 3.58. The summed E-state index contributed by atoms with van der Waals surface area (Å²) < 4.78 is 5.31. The van der Waals surface area contributed by atoms with Gasteiger partial charge in [-0.3, -0.25) is 4.90 Å². The number of carboxylic acids is 1. The summed E-state index contributed by atoms with van der Waals surface area (Å²) in [6.45, 7) is 1.75. The van der Waals surface area contributed by atoms with Crippen molar-refractivity contribution in [2.24, 2.45) is 5.92 Å². The minimum absolute atomic E-state index is 0.312. The number of hydrogen-bond donors (Lipinski definition) is 1. The van der Waals surface area contributed by atoms with Gasteiger partial charge in [0.15, 0.2) is 0 Å². The van der Waals surface area contributed by atoms with Crippen LogP contribution >= 0.6 is 0 Å². The fraction of sp³-hybridized carbons (Fsp3) is 0.615. The maximum absolute atomic E-state index is 11.0. The molecule has 2 aliphatic rings. The quantitative estimate of drug-likeness (QED) is 0.822. The average molecular weight is 235 g/mol. The lowest BCUT2D eigenvalue weighted by molar-refractivity contribution is 0.0692. The topological polar surface area (TPSA) is 53.7 Å². The molecule has 1 N–H and O–H groups in total. The van der Waals surface area contributed by atoms with E-state index in [0.717, 1.165) is 12.5 Å². The molecule has 2 saturated carbocycles. The van der Waals surface area contributed by atoms with Crippen LogP contribution in [0, 0.1) is 5.92 Å². The fourth-order valence-corrected chi connectivity index (χ4v) is 2.25. The lowest BCUT2D eigenvalue weighted by Gasteiger charge is -2.20. The highest BCUT2D eigenvalue weighted by Crippen LogP contribution is 2.35. The summed E-state index contributed by atoms with van der Waals surface area (Å²) in [4.78, 5) is 13.4. The van der Waals surface area contributed by atoms with Crippen LogP contribution in [0.25, 0.3) is 0 Å². The molecule has 2 fully saturated rings. The monoisotopic (exact) mass is 235 g/mol. The molecule has 1 aromatic rings. The molecule has 92 valence electrons. The summed E-state index contributed by atoms with van der Waals surface area (Å²) in [5, 5.41) is 9.04. The summed E-state index contributed by atoms with van der Waals surface area (Å²) in [5.41, 5.74) is 0.312. The molecular weight excluding hydrogens is 218 g/mol. The zero-order chi connectivity index (χ0) is 11.8. The maximum atomic E-state index is 11.0. The van der Waals surface area contributed by atoms with Crippen LogP contribution in [0.4, 0.5) is 0 Å². The molecule has 4 nitrogen and oxygen atoms in total. The third kappa shape index (κ3) is 2.52. The van der Waals surface area contributed by atoms with Crippen molar-refractivity contribution in [3.05, 3.63) is 23.7 Å². The first-order valence-electron chi connectivity index (χ1n) is 6.28. The van der Waals surface area contributed by atoms with E-state index in [9.17, 15) is 4.79 Å². The van der Waals surface area contributed by atoms with Gasteiger partial charge in [0.25, 0.3) is 0 Å². The molecule has 0 atom stereocenters. The molecule has 1 heterocycles. The Morgan fingerprint density at radius 1 is 1.41 bits per heavy atom. The minimum atomic E-state index is -0.893. The Hall–Kier alpha value is -1.29. The highest BCUT2D eigenvalue weighted by molar-refractivity contribution is 5.88. The molecule has 0 radical (unpaired) electrons. The zero-order valence-corrected chi connectivity index (χ0v) is 9.76. The average Bonchev–Trinajstić information content (AvgIpc) is 3.17. The SMILES string of the molecule is O=C(O)c1ccoc1CN(CC1CC1)C1CC1. The molecule has 0 spiro atoms. The molecule has 4 heteroatoms. The largest absolute Gasteiger partial charge is 0.478 e. The van der Waals surface area contributed by atoms with Crippen molar-refractivity contribution in [1.82, 2.24) is 4.90 Å². The van der Waals surface area contributed by atoms with Crippen LogP contribution in [0.3, 0.4) is 0 Å². The predicted octanol–water partition coefficient (Wildman–Crippen LogP) is 2.35. The summed E-state index contributed by atoms with van der Waals surface area (Å²) >= 11 is 0. The number of carboxylic acid groups (broad SMARTS) is 1. The van der Waals surface area contributed by atoms with Gasteiger partial charge < -0.3 is 9.52 Å². The van der Waals surface area contributed by atoms with Crippen molar-refractivity contribution in [3.63, 3.8) is 0 Å². The highest BCUT2D eigenvalue weighted by atomic mass is 16.4. The van der Waals surface area contributed by atoms with E-state index >= 15 is 0 Å². The number of rotatable bonds is 6. The van der Waals surface area contributed by atoms with Crippen LogP contribution in [0.5, 0.6) is 0 Å². The number of nitrogens with zero attached hydrogens (tertiary/aromatic N) is 1. The zero-order valence-electron chi connectivity index (χ0n) is 9.76. The second kappa shape index (κ2) is 4.18. The molecule has 0 amide bonds. The van der Waals surface area contributed by atoms with Gasteiger partial charge in [-0.15, -0.1) is 0 Å². The van der Waals surface area contributed by atoms with E-state index in [1.807, 2.05) is 0 Å². The van der Waals surface area contributed by atoms with E-state index in [1.165, 1.54) is 31.9 Å². The normalized spacial score (nSPS) is 19.8. The van der Waals surface area contributed by atoms with Crippen molar-refractivity contribution < 1.29 is 14.3 Å². The number of aromatic carboxylic acids is 1. The molecule has 17 heavy (non-hydrogen) atoms. The van der Waals surface area contributed by atoms with Gasteiger partial charge in [0, 0.05) is 12.6 Å². The Bertz CT molecular complexity index is 418. The summed E-state index contributed by atoms with van der Waals surface area (Å²) in [6, 6.07) is 2.20. The Kier molecular flexibility index (Phi) is 2.67. The molecular formula is C13H17NO3. The first kappa shape index (κ1) is 10.8. The van der Waals surface area contributed by atoms with Crippen LogP contribution in [0.1, 0.15) is 41.8 Å². The summed E-state index contributed by atoms with van der Waals surface area (Å²) in [6.07, 6.45) is 6.62. The third-order valence-corrected chi connectivity index (χ3v) is 3.58. The van der Waals surface area contributed by atoms with Crippen molar-refractivity contribution in [2.45, 2.75) is 38.3 Å². The van der Waals surface area contributed by atoms with E-state index in [0.29, 0.717) is 23.9 Å². The standard InChI is InChI=1S/C13H17NO3/c15-13(16)11-5-6-17-12(11)8-14(10-3-4-10)7-9-1-2-9/h5-6,9-10H,1-4,7-8H2,(H,15,16). The van der Waals surface area contributed by atoms with Crippen molar-refractivity contribution in [2.75, 3.05) is 6.54 Å². The fourth-order valence-electron chi connectivity index (χ4n) is 2.25. The molecule has 0 aliphatic heterocycles.